The Labute approximate surface area is 247 Å². The Bertz CT molecular complexity index is 1660. The van der Waals surface area contributed by atoms with Crippen molar-refractivity contribution in [1.29, 1.82) is 0 Å². The summed E-state index contributed by atoms with van der Waals surface area (Å²) in [6.45, 7) is 4.61. The molecular weight excluding hydrogens is 556 g/mol. The van der Waals surface area contributed by atoms with E-state index < -0.39 is 19.0 Å². The number of nitrogens with zero attached hydrogens (tertiary/aromatic N) is 7. The number of aromatic nitrogens is 5. The summed E-state index contributed by atoms with van der Waals surface area (Å²) in [6, 6.07) is 9.85. The van der Waals surface area contributed by atoms with Crippen LogP contribution in [0, 0.1) is 5.92 Å². The lowest BCUT2D eigenvalue weighted by Gasteiger charge is -2.40. The Morgan fingerprint density at radius 3 is 2.60 bits per heavy atom. The molecule has 3 aliphatic rings. The van der Waals surface area contributed by atoms with Crippen LogP contribution < -0.4 is 15.0 Å². The van der Waals surface area contributed by atoms with E-state index in [2.05, 4.69) is 42.1 Å². The van der Waals surface area contributed by atoms with E-state index in [1.54, 1.807) is 6.20 Å². The smallest absolute Gasteiger partial charge is 0.282 e. The number of ether oxygens (including phenoxy) is 1. The highest BCUT2D eigenvalue weighted by Crippen LogP contribution is 2.40. The number of fused-ring (bicyclic) bond motifs is 1. The monoisotopic (exact) mass is 589 g/mol. The van der Waals surface area contributed by atoms with Crippen molar-refractivity contribution in [3.8, 4) is 17.0 Å². The fourth-order valence-corrected chi connectivity index (χ4v) is 5.89. The first-order valence-electron chi connectivity index (χ1n) is 14.6. The molecule has 2 aliphatic heterocycles. The summed E-state index contributed by atoms with van der Waals surface area (Å²) >= 11 is 0. The third-order valence-electron chi connectivity index (χ3n) is 8.50. The maximum atomic E-state index is 13.5. The summed E-state index contributed by atoms with van der Waals surface area (Å²) < 4.78 is 32.6. The second kappa shape index (κ2) is 10.7. The predicted octanol–water partition coefficient (Wildman–Crippen LogP) is 4.24. The lowest BCUT2D eigenvalue weighted by atomic mass is 10.1. The second-order valence-corrected chi connectivity index (χ2v) is 11.5. The maximum Gasteiger partial charge on any atom is 0.282 e. The van der Waals surface area contributed by atoms with Crippen LogP contribution in [0.25, 0.3) is 22.3 Å². The minimum Gasteiger partial charge on any atom is -0.491 e. The van der Waals surface area contributed by atoms with Gasteiger partial charge >= 0.3 is 0 Å². The molecule has 2 N–H and O–H groups in total. The second-order valence-electron chi connectivity index (χ2n) is 11.5. The van der Waals surface area contributed by atoms with E-state index in [1.807, 2.05) is 35.2 Å². The Hall–Kier alpha value is -4.39. The average molecular weight is 590 g/mol. The average Bonchev–Trinajstić information content (AvgIpc) is 3.78. The molecule has 2 saturated heterocycles. The van der Waals surface area contributed by atoms with E-state index in [4.69, 9.17) is 4.74 Å². The summed E-state index contributed by atoms with van der Waals surface area (Å²) in [5, 5.41) is 3.28. The van der Waals surface area contributed by atoms with Crippen molar-refractivity contribution in [3.05, 3.63) is 48.4 Å². The molecule has 7 rings (SSSR count). The third kappa shape index (κ3) is 5.44. The molecule has 1 aliphatic carbocycles. The topological polar surface area (TPSA) is 115 Å². The molecule has 1 aromatic carbocycles. The molecule has 5 heterocycles. The number of piperazine rings is 1. The van der Waals surface area contributed by atoms with Gasteiger partial charge in [0.25, 0.3) is 5.92 Å². The van der Waals surface area contributed by atoms with Crippen LogP contribution >= 0.6 is 0 Å². The number of aromatic amines is 1. The number of carbonyl (C=O) groups excluding carboxylic acids is 1. The highest BCUT2D eigenvalue weighted by molar-refractivity contribution is 5.85. The number of anilines is 3. The zero-order valence-corrected chi connectivity index (χ0v) is 24.1. The quantitative estimate of drug-likeness (QED) is 0.311. The molecule has 1 unspecified atom stereocenters. The number of nitrogens with one attached hydrogen (secondary N) is 2. The molecular formula is C30H33F2N9O2. The van der Waals surface area contributed by atoms with Gasteiger partial charge in [0, 0.05) is 49.9 Å². The number of benzene rings is 1. The SMILES string of the molecule is COc1c(-c2ccc3nc(Nc4cc(C(C)N5CCN(C(=O)C6CC6)CC5)ccn4)[nH]c3c2)ncnc1N1CC(F)(F)C1. The summed E-state index contributed by atoms with van der Waals surface area (Å²) in [7, 11) is 1.48. The van der Waals surface area contributed by atoms with Gasteiger partial charge in [-0.25, -0.2) is 28.7 Å². The number of rotatable bonds is 8. The third-order valence-corrected chi connectivity index (χ3v) is 8.50. The first-order valence-corrected chi connectivity index (χ1v) is 14.6. The fourth-order valence-electron chi connectivity index (χ4n) is 5.89. The molecule has 1 atom stereocenters. The van der Waals surface area contributed by atoms with Gasteiger partial charge in [0.1, 0.15) is 17.8 Å². The van der Waals surface area contributed by atoms with Crippen molar-refractivity contribution in [2.45, 2.75) is 31.7 Å². The normalized spacial score (nSPS) is 19.3. The van der Waals surface area contributed by atoms with Crippen LogP contribution in [0.1, 0.15) is 31.4 Å². The number of pyridine rings is 1. The van der Waals surface area contributed by atoms with E-state index in [-0.39, 0.29) is 12.0 Å². The standard InChI is InChI=1S/C30H33F2N9O2/c1-18(39-9-11-40(12-10-39)28(42)19-3-4-19)20-7-8-33-24(14-20)38-29-36-22-6-5-21(13-23(22)37-29)25-26(43-2)27(35-17-34-25)41-15-30(31,32)16-41/h5-8,13-14,17-19H,3-4,9-12,15-16H2,1-2H3,(H2,33,36,37,38). The van der Waals surface area contributed by atoms with E-state index in [0.717, 1.165) is 61.2 Å². The lowest BCUT2D eigenvalue weighted by Crippen LogP contribution is -2.56. The lowest BCUT2D eigenvalue weighted by molar-refractivity contribution is -0.134. The number of imidazole rings is 1. The van der Waals surface area contributed by atoms with Gasteiger partial charge in [-0.15, -0.1) is 0 Å². The molecule has 3 fully saturated rings. The first-order chi connectivity index (χ1) is 20.8. The highest BCUT2D eigenvalue weighted by atomic mass is 19.3. The molecule has 3 aromatic heterocycles. The van der Waals surface area contributed by atoms with Crippen LogP contribution in [0.3, 0.4) is 0 Å². The summed E-state index contributed by atoms with van der Waals surface area (Å²) in [5.41, 5.74) is 3.88. The minimum absolute atomic E-state index is 0.176. The Kier molecular flexibility index (Phi) is 6.83. The molecule has 11 nitrogen and oxygen atoms in total. The van der Waals surface area contributed by atoms with Gasteiger partial charge in [-0.05, 0) is 49.6 Å². The van der Waals surface area contributed by atoms with E-state index in [0.29, 0.717) is 34.9 Å². The molecule has 224 valence electrons. The molecule has 4 aromatic rings. The van der Waals surface area contributed by atoms with E-state index >= 15 is 0 Å². The van der Waals surface area contributed by atoms with Gasteiger partial charge < -0.3 is 24.8 Å². The fraction of sp³-hybridized carbons (Fsp3) is 0.433. The minimum atomic E-state index is -2.73. The van der Waals surface area contributed by atoms with Gasteiger partial charge in [-0.2, -0.15) is 0 Å². The van der Waals surface area contributed by atoms with Crippen molar-refractivity contribution in [1.82, 2.24) is 34.7 Å². The number of H-pyrrole nitrogens is 1. The summed E-state index contributed by atoms with van der Waals surface area (Å²) in [5.74, 6) is -0.248. The molecule has 0 spiro atoms. The van der Waals surface area contributed by atoms with Gasteiger partial charge in [0.05, 0.1) is 31.2 Å². The van der Waals surface area contributed by atoms with Crippen molar-refractivity contribution >= 4 is 34.5 Å². The summed E-state index contributed by atoms with van der Waals surface area (Å²) in [6.07, 6.45) is 5.23. The molecule has 13 heteroatoms. The number of alkyl halides is 2. The number of hydrogen-bond donors (Lipinski definition) is 2. The molecule has 0 radical (unpaired) electrons. The van der Waals surface area contributed by atoms with Gasteiger partial charge in [0.2, 0.25) is 11.9 Å². The molecule has 1 amide bonds. The van der Waals surface area contributed by atoms with Crippen molar-refractivity contribution in [2.75, 3.05) is 56.6 Å². The number of hydrogen-bond acceptors (Lipinski definition) is 9. The van der Waals surface area contributed by atoms with Gasteiger partial charge in [-0.3, -0.25) is 9.69 Å². The van der Waals surface area contributed by atoms with Crippen molar-refractivity contribution in [2.24, 2.45) is 5.92 Å². The van der Waals surface area contributed by atoms with E-state index in [9.17, 15) is 13.6 Å². The van der Waals surface area contributed by atoms with Crippen LogP contribution in [-0.4, -0.2) is 92.9 Å². The Morgan fingerprint density at radius 1 is 1.09 bits per heavy atom. The maximum absolute atomic E-state index is 13.5. The number of halogens is 2. The zero-order chi connectivity index (χ0) is 29.7. The Morgan fingerprint density at radius 2 is 1.88 bits per heavy atom. The van der Waals surface area contributed by atoms with Crippen LogP contribution in [0.15, 0.2) is 42.9 Å². The highest BCUT2D eigenvalue weighted by Gasteiger charge is 2.45. The number of carbonyl (C=O) groups is 1. The van der Waals surface area contributed by atoms with Crippen LogP contribution in [0.4, 0.5) is 26.4 Å². The Balaban J connectivity index is 1.06. The molecule has 43 heavy (non-hydrogen) atoms. The number of methoxy groups -OCH3 is 1. The largest absolute Gasteiger partial charge is 0.491 e. The van der Waals surface area contributed by atoms with Crippen LogP contribution in [0.5, 0.6) is 5.75 Å². The van der Waals surface area contributed by atoms with Crippen molar-refractivity contribution in [3.63, 3.8) is 0 Å². The van der Waals surface area contributed by atoms with Gasteiger partial charge in [0.15, 0.2) is 11.6 Å². The first kappa shape index (κ1) is 27.4. The predicted molar refractivity (Wildman–Crippen MR) is 158 cm³/mol. The van der Waals surface area contributed by atoms with Gasteiger partial charge in [-0.1, -0.05) is 6.07 Å². The van der Waals surface area contributed by atoms with Crippen LogP contribution in [0.2, 0.25) is 0 Å². The molecule has 0 bridgehead atoms. The van der Waals surface area contributed by atoms with Crippen LogP contribution in [-0.2, 0) is 4.79 Å². The summed E-state index contributed by atoms with van der Waals surface area (Å²) in [4.78, 5) is 39.4. The number of amides is 1. The zero-order valence-electron chi connectivity index (χ0n) is 24.1. The van der Waals surface area contributed by atoms with Crippen molar-refractivity contribution < 1.29 is 18.3 Å². The van der Waals surface area contributed by atoms with E-state index in [1.165, 1.54) is 18.3 Å². The molecule has 1 saturated carbocycles.